The summed E-state index contributed by atoms with van der Waals surface area (Å²) < 4.78 is 27.3. The monoisotopic (exact) mass is 421 g/mol. The lowest BCUT2D eigenvalue weighted by Gasteiger charge is -2.32. The number of nitrogens with two attached hydrogens (primary N) is 1. The minimum Gasteiger partial charge on any atom is -0.382 e. The summed E-state index contributed by atoms with van der Waals surface area (Å²) in [7, 11) is 0.978. The van der Waals surface area contributed by atoms with Crippen molar-refractivity contribution >= 4 is 26.5 Å². The summed E-state index contributed by atoms with van der Waals surface area (Å²) in [4.78, 5) is 12.8. The molecule has 2 aromatic heterocycles. The minimum absolute atomic E-state index is 0.0620. The molecule has 0 bridgehead atoms. The Labute approximate surface area is 173 Å². The van der Waals surface area contributed by atoms with Crippen molar-refractivity contribution in [1.82, 2.24) is 19.5 Å². The van der Waals surface area contributed by atoms with E-state index >= 15 is 0 Å². The van der Waals surface area contributed by atoms with Crippen LogP contribution in [0.15, 0.2) is 12.7 Å². The van der Waals surface area contributed by atoms with E-state index in [1.165, 1.54) is 6.33 Å². The van der Waals surface area contributed by atoms with Crippen molar-refractivity contribution in [2.45, 2.75) is 82.1 Å². The van der Waals surface area contributed by atoms with Crippen LogP contribution >= 0.6 is 0 Å². The van der Waals surface area contributed by atoms with Crippen LogP contribution in [0, 0.1) is 0 Å². The molecule has 160 valence electrons. The highest BCUT2D eigenvalue weighted by Gasteiger charge is 2.72. The molecule has 0 amide bonds. The van der Waals surface area contributed by atoms with Gasteiger partial charge in [0.15, 0.2) is 17.7 Å². The van der Waals surface area contributed by atoms with E-state index < -0.39 is 21.0 Å². The summed E-state index contributed by atoms with van der Waals surface area (Å²) in [5, 5.41) is -0.443. The Hall–Kier alpha value is -1.59. The molecular formula is C19H31N5O4Si. The average molecular weight is 422 g/mol. The van der Waals surface area contributed by atoms with Crippen molar-refractivity contribution < 1.29 is 18.9 Å². The van der Waals surface area contributed by atoms with Gasteiger partial charge in [0.05, 0.1) is 23.3 Å². The molecule has 10 heteroatoms. The lowest BCUT2D eigenvalue weighted by atomic mass is 10.1. The highest BCUT2D eigenvalue weighted by molar-refractivity contribution is 6.56. The number of nitrogens with zero attached hydrogens (tertiary/aromatic N) is 4. The first-order valence-corrected chi connectivity index (χ1v) is 11.5. The van der Waals surface area contributed by atoms with Gasteiger partial charge in [-0.15, -0.1) is 0 Å². The Bertz CT molecular complexity index is 908. The molecule has 2 aliphatic heterocycles. The van der Waals surface area contributed by atoms with Gasteiger partial charge in [-0.3, -0.25) is 4.57 Å². The third-order valence-electron chi connectivity index (χ3n) is 5.20. The zero-order valence-corrected chi connectivity index (χ0v) is 19.6. The fourth-order valence-electron chi connectivity index (χ4n) is 4.07. The molecule has 1 spiro atoms. The molecule has 2 fully saturated rings. The summed E-state index contributed by atoms with van der Waals surface area (Å²) in [5.74, 6) is 0.340. The predicted octanol–water partition coefficient (Wildman–Crippen LogP) is 1.16. The van der Waals surface area contributed by atoms with Crippen LogP contribution in [0.4, 0.5) is 5.82 Å². The van der Waals surface area contributed by atoms with Crippen LogP contribution in [0.5, 0.6) is 0 Å². The summed E-state index contributed by atoms with van der Waals surface area (Å²) >= 11 is 0. The number of anilines is 1. The van der Waals surface area contributed by atoms with Gasteiger partial charge in [-0.1, -0.05) is 0 Å². The zero-order chi connectivity index (χ0) is 21.2. The molecule has 2 N–H and O–H groups in total. The van der Waals surface area contributed by atoms with Crippen LogP contribution in [0.25, 0.3) is 11.2 Å². The van der Waals surface area contributed by atoms with Crippen LogP contribution in [0.2, 0.25) is 0 Å². The Morgan fingerprint density at radius 2 is 1.79 bits per heavy atom. The third kappa shape index (κ3) is 3.68. The highest BCUT2D eigenvalue weighted by atomic mass is 28.2. The molecule has 2 aromatic rings. The first-order valence-electron chi connectivity index (χ1n) is 9.94. The van der Waals surface area contributed by atoms with Crippen LogP contribution in [0.1, 0.15) is 47.8 Å². The second-order valence-electron chi connectivity index (χ2n) is 9.82. The number of rotatable bonds is 4. The zero-order valence-electron chi connectivity index (χ0n) is 18.2. The molecule has 2 saturated heterocycles. The van der Waals surface area contributed by atoms with E-state index in [2.05, 4.69) is 35.7 Å². The minimum atomic E-state index is -0.707. The molecule has 1 unspecified atom stereocenters. The number of imidazole rings is 1. The van der Waals surface area contributed by atoms with E-state index in [4.69, 9.17) is 24.7 Å². The number of nitrogen functional groups attached to an aromatic ring is 1. The molecule has 29 heavy (non-hydrogen) atoms. The molecule has 0 aromatic carbocycles. The van der Waals surface area contributed by atoms with Gasteiger partial charge in [0.25, 0.3) is 0 Å². The van der Waals surface area contributed by atoms with Crippen molar-refractivity contribution in [2.24, 2.45) is 0 Å². The highest BCUT2D eigenvalue weighted by Crippen LogP contribution is 2.52. The van der Waals surface area contributed by atoms with Gasteiger partial charge in [0.1, 0.15) is 38.8 Å². The second-order valence-corrected chi connectivity index (χ2v) is 12.1. The average Bonchev–Trinajstić information content (AvgIpc) is 2.95. The van der Waals surface area contributed by atoms with E-state index in [0.717, 1.165) is 0 Å². The first-order chi connectivity index (χ1) is 13.5. The normalized spacial score (nSPS) is 33.2. The van der Waals surface area contributed by atoms with Gasteiger partial charge in [0, 0.05) is 7.11 Å². The van der Waals surface area contributed by atoms with Gasteiger partial charge in [-0.25, -0.2) is 15.0 Å². The Morgan fingerprint density at radius 1 is 1.10 bits per heavy atom. The molecule has 0 saturated carbocycles. The lowest BCUT2D eigenvalue weighted by Crippen LogP contribution is -2.44. The summed E-state index contributed by atoms with van der Waals surface area (Å²) in [5.41, 5.74) is 6.60. The van der Waals surface area contributed by atoms with E-state index in [0.29, 0.717) is 17.0 Å². The Morgan fingerprint density at radius 3 is 2.41 bits per heavy atom. The van der Waals surface area contributed by atoms with E-state index in [9.17, 15) is 0 Å². The van der Waals surface area contributed by atoms with Crippen LogP contribution < -0.4 is 5.73 Å². The maximum atomic E-state index is 6.68. The lowest BCUT2D eigenvalue weighted by molar-refractivity contribution is -0.143. The van der Waals surface area contributed by atoms with E-state index in [-0.39, 0.29) is 29.1 Å². The first kappa shape index (κ1) is 20.7. The molecule has 2 aliphatic rings. The smallest absolute Gasteiger partial charge is 0.167 e. The third-order valence-corrected chi connectivity index (χ3v) is 7.48. The predicted molar refractivity (Wildman–Crippen MR) is 111 cm³/mol. The van der Waals surface area contributed by atoms with Gasteiger partial charge in [-0.05, 0) is 41.5 Å². The van der Waals surface area contributed by atoms with Crippen LogP contribution in [-0.4, -0.2) is 70.5 Å². The number of aromatic nitrogens is 4. The molecule has 5 atom stereocenters. The van der Waals surface area contributed by atoms with Gasteiger partial charge < -0.3 is 24.7 Å². The summed E-state index contributed by atoms with van der Waals surface area (Å²) in [6.07, 6.45) is 2.11. The number of methoxy groups -OCH3 is 1. The number of ether oxygens (including phenoxy) is 4. The van der Waals surface area contributed by atoms with Crippen molar-refractivity contribution in [2.75, 3.05) is 12.8 Å². The molecule has 0 radical (unpaired) electrons. The van der Waals surface area contributed by atoms with E-state index in [1.807, 2.05) is 25.3 Å². The van der Waals surface area contributed by atoms with E-state index in [1.54, 1.807) is 13.4 Å². The molecule has 0 aliphatic carbocycles. The Balaban J connectivity index is 1.73. The fourth-order valence-corrected chi connectivity index (χ4v) is 6.34. The largest absolute Gasteiger partial charge is 0.382 e. The summed E-state index contributed by atoms with van der Waals surface area (Å²) in [6, 6.07) is 0. The SMILES string of the molecule is CO[C@H]1[C@H](n2cnc3c(N)ncnc32)O[C@@]2([SiH2]C2OC(C)(C)C)[C@H]1OC(C)(C)C. The van der Waals surface area contributed by atoms with Gasteiger partial charge in [-0.2, -0.15) is 0 Å². The topological polar surface area (TPSA) is 107 Å². The molecule has 9 nitrogen and oxygen atoms in total. The standard InChI is InChI=1S/C19H31N5O4Si/c1-17(2,3)26-12-11(25-7)15(27-19(12)16(29-19)28-18(4,5)6)24-9-23-10-13(20)21-8-22-14(10)24/h8-9,11-12,15-16H,29H2,1-7H3,(H2,20,21,22)/t11-,12+,15-,16?,19-/m1/s1. The van der Waals surface area contributed by atoms with Crippen LogP contribution in [0.3, 0.4) is 0 Å². The maximum absolute atomic E-state index is 6.68. The number of hydrogen-bond donors (Lipinski definition) is 1. The van der Waals surface area contributed by atoms with Crippen molar-refractivity contribution in [3.8, 4) is 0 Å². The quantitative estimate of drug-likeness (QED) is 0.733. The number of hydrogen-bond acceptors (Lipinski definition) is 8. The van der Waals surface area contributed by atoms with Gasteiger partial charge >= 0.3 is 0 Å². The van der Waals surface area contributed by atoms with Gasteiger partial charge in [0.2, 0.25) is 0 Å². The summed E-state index contributed by atoms with van der Waals surface area (Å²) in [6.45, 7) is 12.3. The Kier molecular flexibility index (Phi) is 4.78. The van der Waals surface area contributed by atoms with Crippen LogP contribution in [-0.2, 0) is 18.9 Å². The molecular weight excluding hydrogens is 390 g/mol. The maximum Gasteiger partial charge on any atom is 0.167 e. The van der Waals surface area contributed by atoms with Crippen molar-refractivity contribution in [3.63, 3.8) is 0 Å². The van der Waals surface area contributed by atoms with Crippen molar-refractivity contribution in [3.05, 3.63) is 12.7 Å². The second kappa shape index (κ2) is 6.71. The molecule has 4 rings (SSSR count). The number of fused-ring (bicyclic) bond motifs is 1. The van der Waals surface area contributed by atoms with Crippen molar-refractivity contribution in [1.29, 1.82) is 0 Å². The molecule has 4 heterocycles. The fraction of sp³-hybridized carbons (Fsp3) is 0.737.